The molecular weight excluding hydrogens is 396 g/mol. The fourth-order valence-corrected chi connectivity index (χ4v) is 4.02. The Hall–Kier alpha value is -2.44. The molecule has 1 fully saturated rings. The number of hydrogen-bond donors (Lipinski definition) is 0. The van der Waals surface area contributed by atoms with Gasteiger partial charge in [-0.2, -0.15) is 0 Å². The van der Waals surface area contributed by atoms with Crippen LogP contribution in [-0.2, 0) is 4.79 Å². The molecule has 0 bridgehead atoms. The zero-order valence-corrected chi connectivity index (χ0v) is 17.5. The highest BCUT2D eigenvalue weighted by Crippen LogP contribution is 2.35. The van der Waals surface area contributed by atoms with Gasteiger partial charge in [0, 0.05) is 6.54 Å². The van der Waals surface area contributed by atoms with Gasteiger partial charge in [0.15, 0.2) is 5.17 Å². The molecule has 146 valence electrons. The summed E-state index contributed by atoms with van der Waals surface area (Å²) in [6.07, 6.45) is 1.82. The normalized spacial score (nSPS) is 16.9. The molecule has 0 atom stereocenters. The number of thioether (sulfide) groups is 1. The van der Waals surface area contributed by atoms with E-state index >= 15 is 0 Å². The number of nitrogens with zero attached hydrogens (tertiary/aromatic N) is 2. The van der Waals surface area contributed by atoms with Crippen LogP contribution in [0.3, 0.4) is 0 Å². The first kappa shape index (κ1) is 20.3. The number of amidine groups is 1. The summed E-state index contributed by atoms with van der Waals surface area (Å²) in [5.41, 5.74) is 1.60. The third-order valence-corrected chi connectivity index (χ3v) is 5.35. The van der Waals surface area contributed by atoms with Gasteiger partial charge in [-0.15, -0.1) is 0 Å². The Morgan fingerprint density at radius 3 is 2.54 bits per heavy atom. The van der Waals surface area contributed by atoms with Crippen molar-refractivity contribution in [1.29, 1.82) is 0 Å². The second-order valence-electron chi connectivity index (χ2n) is 5.88. The summed E-state index contributed by atoms with van der Waals surface area (Å²) in [5, 5.41) is 1.16. The van der Waals surface area contributed by atoms with Crippen molar-refractivity contribution in [2.45, 2.75) is 13.8 Å². The molecular formula is C21H21ClN2O3S. The maximum atomic E-state index is 12.8. The minimum atomic E-state index is -0.0656. The van der Waals surface area contributed by atoms with Crippen molar-refractivity contribution >= 4 is 46.2 Å². The standard InChI is InChI=1S/C21H21ClN2O3S/c1-4-24-20(25)19(13-14-6-11-18(26-3)17(22)12-14)28-21(24)23-15-7-9-16(10-8-15)27-5-2/h6-13H,4-5H2,1-3H3/b19-13+,23-21?. The Balaban J connectivity index is 1.86. The van der Waals surface area contributed by atoms with Crippen molar-refractivity contribution in [2.75, 3.05) is 20.3 Å². The highest BCUT2D eigenvalue weighted by atomic mass is 35.5. The number of rotatable bonds is 6. The Kier molecular flexibility index (Phi) is 6.65. The van der Waals surface area contributed by atoms with Gasteiger partial charge < -0.3 is 9.47 Å². The number of hydrogen-bond acceptors (Lipinski definition) is 5. The number of ether oxygens (including phenoxy) is 2. The van der Waals surface area contributed by atoms with E-state index in [0.29, 0.717) is 34.0 Å². The second-order valence-corrected chi connectivity index (χ2v) is 7.29. The molecule has 0 N–H and O–H groups in total. The summed E-state index contributed by atoms with van der Waals surface area (Å²) in [7, 11) is 1.57. The zero-order chi connectivity index (χ0) is 20.1. The van der Waals surface area contributed by atoms with Crippen LogP contribution in [0.2, 0.25) is 5.02 Å². The molecule has 1 aliphatic heterocycles. The largest absolute Gasteiger partial charge is 0.495 e. The zero-order valence-electron chi connectivity index (χ0n) is 15.9. The van der Waals surface area contributed by atoms with Crippen LogP contribution in [0.5, 0.6) is 11.5 Å². The van der Waals surface area contributed by atoms with Crippen LogP contribution in [0, 0.1) is 0 Å². The van der Waals surface area contributed by atoms with Gasteiger partial charge in [-0.3, -0.25) is 9.69 Å². The lowest BCUT2D eigenvalue weighted by Gasteiger charge is -2.12. The maximum Gasteiger partial charge on any atom is 0.266 e. The van der Waals surface area contributed by atoms with Crippen molar-refractivity contribution in [3.05, 3.63) is 58.0 Å². The van der Waals surface area contributed by atoms with E-state index in [1.54, 1.807) is 24.1 Å². The van der Waals surface area contributed by atoms with E-state index in [9.17, 15) is 4.79 Å². The van der Waals surface area contributed by atoms with Crippen LogP contribution >= 0.6 is 23.4 Å². The highest BCUT2D eigenvalue weighted by Gasteiger charge is 2.32. The molecule has 1 saturated heterocycles. The van der Waals surface area contributed by atoms with E-state index in [-0.39, 0.29) is 5.91 Å². The molecule has 0 saturated carbocycles. The smallest absolute Gasteiger partial charge is 0.266 e. The number of aliphatic imine (C=N–C) groups is 1. The van der Waals surface area contributed by atoms with Crippen LogP contribution in [0.15, 0.2) is 52.4 Å². The Morgan fingerprint density at radius 1 is 1.18 bits per heavy atom. The van der Waals surface area contributed by atoms with E-state index in [4.69, 9.17) is 21.1 Å². The van der Waals surface area contributed by atoms with Crippen molar-refractivity contribution in [3.8, 4) is 11.5 Å². The Labute approximate surface area is 174 Å². The van der Waals surface area contributed by atoms with E-state index in [1.807, 2.05) is 50.3 Å². The minimum Gasteiger partial charge on any atom is -0.495 e. The lowest BCUT2D eigenvalue weighted by Crippen LogP contribution is -2.28. The number of halogens is 1. The van der Waals surface area contributed by atoms with Gasteiger partial charge in [-0.1, -0.05) is 17.7 Å². The van der Waals surface area contributed by atoms with Crippen LogP contribution in [0.4, 0.5) is 5.69 Å². The van der Waals surface area contributed by atoms with Crippen LogP contribution in [-0.4, -0.2) is 36.2 Å². The van der Waals surface area contributed by atoms with E-state index in [0.717, 1.165) is 17.0 Å². The monoisotopic (exact) mass is 416 g/mol. The number of carbonyl (C=O) groups is 1. The van der Waals surface area contributed by atoms with E-state index < -0.39 is 0 Å². The molecule has 0 unspecified atom stereocenters. The summed E-state index contributed by atoms with van der Waals surface area (Å²) in [4.78, 5) is 19.7. The summed E-state index contributed by atoms with van der Waals surface area (Å²) >= 11 is 7.54. The van der Waals surface area contributed by atoms with Gasteiger partial charge >= 0.3 is 0 Å². The number of carbonyl (C=O) groups excluding carboxylic acids is 1. The molecule has 1 aliphatic rings. The lowest BCUT2D eigenvalue weighted by atomic mass is 10.2. The first-order valence-electron chi connectivity index (χ1n) is 8.92. The molecule has 0 spiro atoms. The molecule has 1 amide bonds. The van der Waals surface area contributed by atoms with Crippen molar-refractivity contribution in [3.63, 3.8) is 0 Å². The summed E-state index contributed by atoms with van der Waals surface area (Å²) in [6, 6.07) is 12.9. The molecule has 0 radical (unpaired) electrons. The predicted molar refractivity (Wildman–Crippen MR) is 116 cm³/mol. The summed E-state index contributed by atoms with van der Waals surface area (Å²) in [5.74, 6) is 1.33. The first-order valence-corrected chi connectivity index (χ1v) is 10.1. The minimum absolute atomic E-state index is 0.0656. The van der Waals surface area contributed by atoms with Gasteiger partial charge in [0.1, 0.15) is 11.5 Å². The second kappa shape index (κ2) is 9.17. The Bertz CT molecular complexity index is 926. The van der Waals surface area contributed by atoms with Gasteiger partial charge in [0.05, 0.1) is 29.3 Å². The average molecular weight is 417 g/mol. The van der Waals surface area contributed by atoms with Gasteiger partial charge in [0.25, 0.3) is 5.91 Å². The fraction of sp³-hybridized carbons (Fsp3) is 0.238. The molecule has 5 nitrogen and oxygen atoms in total. The van der Waals surface area contributed by atoms with Gasteiger partial charge in [0.2, 0.25) is 0 Å². The van der Waals surface area contributed by atoms with Crippen LogP contribution in [0.1, 0.15) is 19.4 Å². The van der Waals surface area contributed by atoms with Crippen LogP contribution < -0.4 is 9.47 Å². The van der Waals surface area contributed by atoms with Gasteiger partial charge in [-0.25, -0.2) is 4.99 Å². The van der Waals surface area contributed by atoms with E-state index in [1.165, 1.54) is 11.8 Å². The summed E-state index contributed by atoms with van der Waals surface area (Å²) in [6.45, 7) is 5.03. The average Bonchev–Trinajstić information content (AvgIpc) is 2.98. The first-order chi connectivity index (χ1) is 13.5. The molecule has 2 aromatic rings. The quantitative estimate of drug-likeness (QED) is 0.594. The molecule has 0 aliphatic carbocycles. The third-order valence-electron chi connectivity index (χ3n) is 4.05. The maximum absolute atomic E-state index is 12.8. The number of likely N-dealkylation sites (N-methyl/N-ethyl adjacent to an activating group) is 1. The Morgan fingerprint density at radius 2 is 1.93 bits per heavy atom. The predicted octanol–water partition coefficient (Wildman–Crippen LogP) is 5.37. The fourth-order valence-electron chi connectivity index (χ4n) is 2.69. The molecule has 7 heteroatoms. The molecule has 28 heavy (non-hydrogen) atoms. The van der Waals surface area contributed by atoms with Gasteiger partial charge in [-0.05, 0) is 73.6 Å². The number of benzene rings is 2. The molecule has 3 rings (SSSR count). The topological polar surface area (TPSA) is 51.1 Å². The summed E-state index contributed by atoms with van der Waals surface area (Å²) < 4.78 is 10.6. The highest BCUT2D eigenvalue weighted by molar-refractivity contribution is 8.18. The molecule has 2 aromatic carbocycles. The SMILES string of the molecule is CCOc1ccc(N=C2S/C(=C/c3ccc(OC)c(Cl)c3)C(=O)N2CC)cc1. The van der Waals surface area contributed by atoms with Crippen LogP contribution in [0.25, 0.3) is 6.08 Å². The number of methoxy groups -OCH3 is 1. The van der Waals surface area contributed by atoms with Crippen molar-refractivity contribution in [2.24, 2.45) is 4.99 Å². The van der Waals surface area contributed by atoms with E-state index in [2.05, 4.69) is 4.99 Å². The molecule has 0 aromatic heterocycles. The van der Waals surface area contributed by atoms with Crippen molar-refractivity contribution < 1.29 is 14.3 Å². The molecule has 1 heterocycles. The lowest BCUT2D eigenvalue weighted by molar-refractivity contribution is -0.122. The van der Waals surface area contributed by atoms with Crippen molar-refractivity contribution in [1.82, 2.24) is 4.90 Å². The third kappa shape index (κ3) is 4.51. The number of amides is 1.